The second-order valence-corrected chi connectivity index (χ2v) is 4.51. The van der Waals surface area contributed by atoms with Crippen molar-refractivity contribution < 1.29 is 9.47 Å². The largest absolute Gasteiger partial charge is 0.479 e. The highest BCUT2D eigenvalue weighted by molar-refractivity contribution is 5.66. The molecule has 0 aliphatic rings. The summed E-state index contributed by atoms with van der Waals surface area (Å²) >= 11 is 0. The molecule has 0 amide bonds. The summed E-state index contributed by atoms with van der Waals surface area (Å²) < 4.78 is 10.2. The van der Waals surface area contributed by atoms with Gasteiger partial charge in [-0.05, 0) is 12.0 Å². The molecule has 1 aromatic heterocycles. The summed E-state index contributed by atoms with van der Waals surface area (Å²) in [6.07, 6.45) is 0.881. The molecule has 21 heavy (non-hydrogen) atoms. The molecule has 0 aliphatic heterocycles. The molecule has 0 aliphatic carbocycles. The van der Waals surface area contributed by atoms with Gasteiger partial charge in [0.2, 0.25) is 5.88 Å². The first-order valence-corrected chi connectivity index (χ1v) is 6.71. The topological polar surface area (TPSA) is 82.3 Å². The first-order chi connectivity index (χ1) is 10.2. The fraction of sp³-hybridized carbons (Fsp3) is 0.333. The van der Waals surface area contributed by atoms with Gasteiger partial charge in [0.1, 0.15) is 12.3 Å². The zero-order valence-electron chi connectivity index (χ0n) is 12.3. The Morgan fingerprint density at radius 3 is 2.57 bits per heavy atom. The molecule has 6 nitrogen and oxygen atoms in total. The van der Waals surface area contributed by atoms with Crippen molar-refractivity contribution in [2.45, 2.75) is 13.0 Å². The highest BCUT2D eigenvalue weighted by Gasteiger charge is 2.12. The second-order valence-electron chi connectivity index (χ2n) is 4.51. The van der Waals surface area contributed by atoms with Crippen LogP contribution in [0.1, 0.15) is 11.4 Å². The lowest BCUT2D eigenvalue weighted by molar-refractivity contribution is 0.177. The molecule has 112 valence electrons. The van der Waals surface area contributed by atoms with Crippen LogP contribution >= 0.6 is 0 Å². The maximum absolute atomic E-state index is 5.99. The van der Waals surface area contributed by atoms with Gasteiger partial charge in [0.05, 0.1) is 7.11 Å². The van der Waals surface area contributed by atoms with Crippen LogP contribution in [-0.2, 0) is 17.8 Å². The van der Waals surface area contributed by atoms with Gasteiger partial charge in [-0.1, -0.05) is 30.3 Å². The Kier molecular flexibility index (Phi) is 5.34. The molecular weight excluding hydrogens is 268 g/mol. The van der Waals surface area contributed by atoms with Crippen LogP contribution in [0.25, 0.3) is 0 Å². The van der Waals surface area contributed by atoms with E-state index >= 15 is 0 Å². The lowest BCUT2D eigenvalue weighted by Gasteiger charge is -2.12. The van der Waals surface area contributed by atoms with Crippen molar-refractivity contribution in [1.29, 1.82) is 0 Å². The molecule has 3 N–H and O–H groups in total. The van der Waals surface area contributed by atoms with E-state index in [9.17, 15) is 0 Å². The van der Waals surface area contributed by atoms with Crippen molar-refractivity contribution in [2.75, 3.05) is 31.8 Å². The SMILES string of the molecule is COCc1nc(NCCc2ccccc2)c(N)c(OC)n1. The monoisotopic (exact) mass is 288 g/mol. The Bertz CT molecular complexity index is 575. The number of nitrogen functional groups attached to an aromatic ring is 1. The highest BCUT2D eigenvalue weighted by Crippen LogP contribution is 2.25. The summed E-state index contributed by atoms with van der Waals surface area (Å²) in [6, 6.07) is 10.2. The zero-order chi connectivity index (χ0) is 15.1. The molecule has 0 atom stereocenters. The average Bonchev–Trinajstić information content (AvgIpc) is 2.51. The molecule has 0 spiro atoms. The molecule has 0 bridgehead atoms. The first-order valence-electron chi connectivity index (χ1n) is 6.71. The van der Waals surface area contributed by atoms with Crippen LogP contribution in [0.3, 0.4) is 0 Å². The van der Waals surface area contributed by atoms with Gasteiger partial charge in [0, 0.05) is 13.7 Å². The predicted octanol–water partition coefficient (Wildman–Crippen LogP) is 1.87. The molecule has 0 fully saturated rings. The van der Waals surface area contributed by atoms with Gasteiger partial charge in [-0.25, -0.2) is 4.98 Å². The zero-order valence-corrected chi connectivity index (χ0v) is 12.3. The fourth-order valence-electron chi connectivity index (χ4n) is 1.95. The van der Waals surface area contributed by atoms with Crippen molar-refractivity contribution in [1.82, 2.24) is 9.97 Å². The average molecular weight is 288 g/mol. The third-order valence-corrected chi connectivity index (χ3v) is 2.97. The fourth-order valence-corrected chi connectivity index (χ4v) is 1.95. The number of nitrogens with zero attached hydrogens (tertiary/aromatic N) is 2. The molecule has 0 unspecified atom stereocenters. The number of hydrogen-bond donors (Lipinski definition) is 2. The van der Waals surface area contributed by atoms with Crippen molar-refractivity contribution in [3.8, 4) is 5.88 Å². The first kappa shape index (κ1) is 15.1. The molecule has 0 saturated carbocycles. The van der Waals surface area contributed by atoms with E-state index in [1.165, 1.54) is 12.7 Å². The van der Waals surface area contributed by atoms with Crippen LogP contribution < -0.4 is 15.8 Å². The Morgan fingerprint density at radius 1 is 1.14 bits per heavy atom. The van der Waals surface area contributed by atoms with Crippen LogP contribution in [-0.4, -0.2) is 30.7 Å². The Labute approximate surface area is 124 Å². The number of rotatable bonds is 7. The van der Waals surface area contributed by atoms with Gasteiger partial charge in [-0.2, -0.15) is 4.98 Å². The van der Waals surface area contributed by atoms with E-state index in [-0.39, 0.29) is 0 Å². The molecule has 1 heterocycles. The second kappa shape index (κ2) is 7.44. The van der Waals surface area contributed by atoms with E-state index in [4.69, 9.17) is 15.2 Å². The number of benzene rings is 1. The number of nitrogens with two attached hydrogens (primary N) is 1. The highest BCUT2D eigenvalue weighted by atomic mass is 16.5. The number of ether oxygens (including phenoxy) is 2. The van der Waals surface area contributed by atoms with Gasteiger partial charge in [0.15, 0.2) is 11.6 Å². The van der Waals surface area contributed by atoms with Gasteiger partial charge < -0.3 is 20.5 Å². The Hall–Kier alpha value is -2.34. The van der Waals surface area contributed by atoms with E-state index in [2.05, 4.69) is 27.4 Å². The minimum absolute atomic E-state index is 0.310. The summed E-state index contributed by atoms with van der Waals surface area (Å²) in [5, 5.41) is 3.22. The smallest absolute Gasteiger partial charge is 0.242 e. The Balaban J connectivity index is 2.06. The summed E-state index contributed by atoms with van der Waals surface area (Å²) in [5.41, 5.74) is 7.64. The summed E-state index contributed by atoms with van der Waals surface area (Å²) in [5.74, 6) is 1.47. The lowest BCUT2D eigenvalue weighted by atomic mass is 10.1. The van der Waals surface area contributed by atoms with Crippen LogP contribution in [0, 0.1) is 0 Å². The number of nitrogens with one attached hydrogen (secondary N) is 1. The number of methoxy groups -OCH3 is 2. The molecule has 0 saturated heterocycles. The minimum atomic E-state index is 0.310. The number of aromatic nitrogens is 2. The van der Waals surface area contributed by atoms with Gasteiger partial charge in [-0.15, -0.1) is 0 Å². The summed E-state index contributed by atoms with van der Waals surface area (Å²) in [7, 11) is 3.12. The van der Waals surface area contributed by atoms with E-state index in [0.29, 0.717) is 29.8 Å². The van der Waals surface area contributed by atoms with Crippen molar-refractivity contribution in [3.05, 3.63) is 41.7 Å². The standard InChI is InChI=1S/C15H20N4O2/c1-20-10-12-18-14(13(16)15(19-12)21-2)17-9-8-11-6-4-3-5-7-11/h3-7H,8-10,16H2,1-2H3,(H,17,18,19). The molecule has 6 heteroatoms. The quantitative estimate of drug-likeness (QED) is 0.809. The maximum Gasteiger partial charge on any atom is 0.242 e. The van der Waals surface area contributed by atoms with Gasteiger partial charge >= 0.3 is 0 Å². The lowest BCUT2D eigenvalue weighted by Crippen LogP contribution is -2.12. The van der Waals surface area contributed by atoms with Gasteiger partial charge in [0.25, 0.3) is 0 Å². The molecular formula is C15H20N4O2. The van der Waals surface area contributed by atoms with E-state index < -0.39 is 0 Å². The third kappa shape index (κ3) is 4.06. The molecule has 1 aromatic carbocycles. The molecule has 2 aromatic rings. The van der Waals surface area contributed by atoms with Gasteiger partial charge in [-0.3, -0.25) is 0 Å². The maximum atomic E-state index is 5.99. The van der Waals surface area contributed by atoms with Crippen LogP contribution in [0.4, 0.5) is 11.5 Å². The minimum Gasteiger partial charge on any atom is -0.479 e. The number of hydrogen-bond acceptors (Lipinski definition) is 6. The third-order valence-electron chi connectivity index (χ3n) is 2.97. The summed E-state index contributed by atoms with van der Waals surface area (Å²) in [6.45, 7) is 1.03. The predicted molar refractivity (Wildman–Crippen MR) is 82.3 cm³/mol. The molecule has 0 radical (unpaired) electrons. The normalized spacial score (nSPS) is 10.4. The van der Waals surface area contributed by atoms with E-state index in [0.717, 1.165) is 13.0 Å². The van der Waals surface area contributed by atoms with Crippen LogP contribution in [0.15, 0.2) is 30.3 Å². The number of anilines is 2. The molecule has 2 rings (SSSR count). The van der Waals surface area contributed by atoms with E-state index in [1.807, 2.05) is 18.2 Å². The van der Waals surface area contributed by atoms with E-state index in [1.54, 1.807) is 7.11 Å². The van der Waals surface area contributed by atoms with Crippen molar-refractivity contribution in [3.63, 3.8) is 0 Å². The summed E-state index contributed by atoms with van der Waals surface area (Å²) in [4.78, 5) is 8.53. The van der Waals surface area contributed by atoms with Crippen LogP contribution in [0.2, 0.25) is 0 Å². The van der Waals surface area contributed by atoms with Crippen molar-refractivity contribution in [2.24, 2.45) is 0 Å². The Morgan fingerprint density at radius 2 is 1.90 bits per heavy atom. The van der Waals surface area contributed by atoms with Crippen molar-refractivity contribution >= 4 is 11.5 Å². The van der Waals surface area contributed by atoms with Crippen LogP contribution in [0.5, 0.6) is 5.88 Å².